The van der Waals surface area contributed by atoms with Crippen molar-refractivity contribution >= 4 is 0 Å². The van der Waals surface area contributed by atoms with E-state index in [4.69, 9.17) is 0 Å². The molecule has 0 aromatic carbocycles. The van der Waals surface area contributed by atoms with Crippen LogP contribution in [0.15, 0.2) is 0 Å². The van der Waals surface area contributed by atoms with Crippen LogP contribution in [0.2, 0.25) is 0 Å². The molecule has 0 heterocycles. The standard InChI is InChI=1S/C17H34N2/c1-4-10-18-17-9-7-5-6-8-15(17)12-19(3)13-16-11-14(16)2/h14-18H,4-13H2,1-3H3. The lowest BCUT2D eigenvalue weighted by molar-refractivity contribution is 0.216. The van der Waals surface area contributed by atoms with Crippen LogP contribution in [-0.4, -0.2) is 37.6 Å². The van der Waals surface area contributed by atoms with Crippen LogP contribution in [0, 0.1) is 17.8 Å². The molecule has 2 fully saturated rings. The summed E-state index contributed by atoms with van der Waals surface area (Å²) >= 11 is 0. The van der Waals surface area contributed by atoms with Crippen LogP contribution in [0.4, 0.5) is 0 Å². The molecule has 0 aromatic heterocycles. The van der Waals surface area contributed by atoms with E-state index < -0.39 is 0 Å². The van der Waals surface area contributed by atoms with Gasteiger partial charge in [0.1, 0.15) is 0 Å². The van der Waals surface area contributed by atoms with Crippen molar-refractivity contribution in [1.29, 1.82) is 0 Å². The van der Waals surface area contributed by atoms with Crippen LogP contribution in [-0.2, 0) is 0 Å². The zero-order valence-electron chi connectivity index (χ0n) is 13.3. The molecule has 2 saturated carbocycles. The highest BCUT2D eigenvalue weighted by atomic mass is 15.1. The third kappa shape index (κ3) is 5.07. The molecule has 1 N–H and O–H groups in total. The van der Waals surface area contributed by atoms with E-state index >= 15 is 0 Å². The fourth-order valence-electron chi connectivity index (χ4n) is 3.73. The van der Waals surface area contributed by atoms with E-state index in [1.807, 2.05) is 0 Å². The molecule has 0 amide bonds. The van der Waals surface area contributed by atoms with Gasteiger partial charge in [-0.2, -0.15) is 0 Å². The zero-order chi connectivity index (χ0) is 13.7. The summed E-state index contributed by atoms with van der Waals surface area (Å²) in [5.74, 6) is 2.87. The van der Waals surface area contributed by atoms with E-state index in [1.54, 1.807) is 0 Å². The monoisotopic (exact) mass is 266 g/mol. The minimum Gasteiger partial charge on any atom is -0.314 e. The Morgan fingerprint density at radius 2 is 1.74 bits per heavy atom. The van der Waals surface area contributed by atoms with Crippen LogP contribution in [0.25, 0.3) is 0 Å². The molecule has 2 aliphatic rings. The van der Waals surface area contributed by atoms with E-state index in [9.17, 15) is 0 Å². The molecule has 4 unspecified atom stereocenters. The molecule has 19 heavy (non-hydrogen) atoms. The van der Waals surface area contributed by atoms with Crippen molar-refractivity contribution < 1.29 is 0 Å². The number of nitrogens with zero attached hydrogens (tertiary/aromatic N) is 1. The second-order valence-corrected chi connectivity index (χ2v) is 7.15. The predicted octanol–water partition coefficient (Wildman–Crippen LogP) is 3.52. The maximum atomic E-state index is 3.82. The van der Waals surface area contributed by atoms with Crippen LogP contribution in [0.1, 0.15) is 58.8 Å². The molecule has 2 aliphatic carbocycles. The third-order valence-corrected chi connectivity index (χ3v) is 5.18. The van der Waals surface area contributed by atoms with Crippen molar-refractivity contribution in [2.45, 2.75) is 64.8 Å². The highest BCUT2D eigenvalue weighted by Crippen LogP contribution is 2.38. The van der Waals surface area contributed by atoms with Gasteiger partial charge in [-0.1, -0.05) is 33.1 Å². The average Bonchev–Trinajstić information content (AvgIpc) is 3.10. The largest absolute Gasteiger partial charge is 0.314 e. The molecule has 0 spiro atoms. The van der Waals surface area contributed by atoms with Gasteiger partial charge in [0.05, 0.1) is 0 Å². The molecule has 0 aromatic rings. The van der Waals surface area contributed by atoms with Gasteiger partial charge >= 0.3 is 0 Å². The second-order valence-electron chi connectivity index (χ2n) is 7.15. The van der Waals surface area contributed by atoms with Crippen molar-refractivity contribution in [1.82, 2.24) is 10.2 Å². The van der Waals surface area contributed by atoms with Crippen LogP contribution < -0.4 is 5.32 Å². The zero-order valence-corrected chi connectivity index (χ0v) is 13.3. The molecule has 2 nitrogen and oxygen atoms in total. The molecule has 0 radical (unpaired) electrons. The SMILES string of the molecule is CCCNC1CCCCCC1CN(C)CC1CC1C. The third-order valence-electron chi connectivity index (χ3n) is 5.18. The quantitative estimate of drug-likeness (QED) is 0.709. The molecule has 2 rings (SSSR count). The smallest absolute Gasteiger partial charge is 0.0107 e. The Kier molecular flexibility index (Phi) is 6.15. The van der Waals surface area contributed by atoms with Crippen molar-refractivity contribution in [2.24, 2.45) is 17.8 Å². The first kappa shape index (κ1) is 15.3. The van der Waals surface area contributed by atoms with Crippen molar-refractivity contribution in [3.05, 3.63) is 0 Å². The Balaban J connectivity index is 1.78. The van der Waals surface area contributed by atoms with Gasteiger partial charge < -0.3 is 10.2 Å². The molecular formula is C17H34N2. The number of hydrogen-bond donors (Lipinski definition) is 1. The minimum atomic E-state index is 0.779. The van der Waals surface area contributed by atoms with E-state index in [2.05, 4.69) is 31.1 Å². The molecule has 0 aliphatic heterocycles. The van der Waals surface area contributed by atoms with E-state index in [0.717, 1.165) is 23.8 Å². The summed E-state index contributed by atoms with van der Waals surface area (Å²) in [4.78, 5) is 2.62. The van der Waals surface area contributed by atoms with Gasteiger partial charge in [-0.15, -0.1) is 0 Å². The minimum absolute atomic E-state index is 0.779. The second kappa shape index (κ2) is 7.64. The Hall–Kier alpha value is -0.0800. The lowest BCUT2D eigenvalue weighted by Gasteiger charge is -2.30. The molecule has 4 atom stereocenters. The van der Waals surface area contributed by atoms with Crippen LogP contribution >= 0.6 is 0 Å². The predicted molar refractivity (Wildman–Crippen MR) is 83.4 cm³/mol. The Morgan fingerprint density at radius 1 is 1.05 bits per heavy atom. The normalized spacial score (nSPS) is 35.4. The van der Waals surface area contributed by atoms with Crippen LogP contribution in [0.5, 0.6) is 0 Å². The van der Waals surface area contributed by atoms with Gasteiger partial charge in [-0.25, -0.2) is 0 Å². The first-order valence-electron chi connectivity index (χ1n) is 8.62. The number of nitrogens with one attached hydrogen (secondary N) is 1. The first-order chi connectivity index (χ1) is 9.20. The van der Waals surface area contributed by atoms with Crippen molar-refractivity contribution in [2.75, 3.05) is 26.7 Å². The maximum Gasteiger partial charge on any atom is 0.0107 e. The Morgan fingerprint density at radius 3 is 2.42 bits per heavy atom. The van der Waals surface area contributed by atoms with Gasteiger partial charge in [0.15, 0.2) is 0 Å². The van der Waals surface area contributed by atoms with Gasteiger partial charge in [0, 0.05) is 19.1 Å². The summed E-state index contributed by atoms with van der Waals surface area (Å²) in [6, 6.07) is 0.779. The maximum absolute atomic E-state index is 3.82. The van der Waals surface area contributed by atoms with E-state index in [1.165, 1.54) is 64.6 Å². The van der Waals surface area contributed by atoms with Crippen molar-refractivity contribution in [3.8, 4) is 0 Å². The molecule has 0 bridgehead atoms. The first-order valence-corrected chi connectivity index (χ1v) is 8.62. The Bertz CT molecular complexity index is 254. The van der Waals surface area contributed by atoms with Gasteiger partial charge in [0.2, 0.25) is 0 Å². The van der Waals surface area contributed by atoms with Gasteiger partial charge in [-0.3, -0.25) is 0 Å². The van der Waals surface area contributed by atoms with Gasteiger partial charge in [-0.05, 0) is 57.0 Å². The summed E-state index contributed by atoms with van der Waals surface area (Å²) in [6.45, 7) is 8.52. The topological polar surface area (TPSA) is 15.3 Å². The fraction of sp³-hybridized carbons (Fsp3) is 1.00. The van der Waals surface area contributed by atoms with Crippen molar-refractivity contribution in [3.63, 3.8) is 0 Å². The van der Waals surface area contributed by atoms with E-state index in [-0.39, 0.29) is 0 Å². The number of rotatable bonds is 7. The lowest BCUT2D eigenvalue weighted by Crippen LogP contribution is -2.41. The number of hydrogen-bond acceptors (Lipinski definition) is 2. The lowest BCUT2D eigenvalue weighted by atomic mass is 9.94. The van der Waals surface area contributed by atoms with E-state index in [0.29, 0.717) is 0 Å². The molecular weight excluding hydrogens is 232 g/mol. The van der Waals surface area contributed by atoms with Crippen LogP contribution in [0.3, 0.4) is 0 Å². The van der Waals surface area contributed by atoms with Gasteiger partial charge in [0.25, 0.3) is 0 Å². The summed E-state index contributed by atoms with van der Waals surface area (Å²) in [7, 11) is 2.34. The summed E-state index contributed by atoms with van der Waals surface area (Å²) in [6.07, 6.45) is 9.89. The summed E-state index contributed by atoms with van der Waals surface area (Å²) in [5.41, 5.74) is 0. The highest BCUT2D eigenvalue weighted by molar-refractivity contribution is 4.86. The fourth-order valence-corrected chi connectivity index (χ4v) is 3.73. The molecule has 2 heteroatoms. The molecule has 112 valence electrons. The summed E-state index contributed by atoms with van der Waals surface area (Å²) in [5, 5.41) is 3.82. The summed E-state index contributed by atoms with van der Waals surface area (Å²) < 4.78 is 0. The highest BCUT2D eigenvalue weighted by Gasteiger charge is 2.34. The Labute approximate surface area is 120 Å². The molecule has 0 saturated heterocycles. The average molecular weight is 266 g/mol.